The van der Waals surface area contributed by atoms with Crippen LogP contribution in [0.25, 0.3) is 5.69 Å². The predicted molar refractivity (Wildman–Crippen MR) is 135 cm³/mol. The predicted octanol–water partition coefficient (Wildman–Crippen LogP) is 4.87. The number of anilines is 3. The van der Waals surface area contributed by atoms with Crippen molar-refractivity contribution in [3.8, 4) is 5.69 Å². The smallest absolute Gasteiger partial charge is 0.305 e. The quantitative estimate of drug-likeness (QED) is 0.476. The monoisotopic (exact) mass is 502 g/mol. The number of nitrogens with one attached hydrogen (secondary N) is 1. The lowest BCUT2D eigenvalue weighted by Gasteiger charge is -2.24. The normalized spacial score (nSPS) is 12.9. The Morgan fingerprint density at radius 1 is 1.11 bits per heavy atom. The number of carboxylic acid groups (broad SMARTS) is 1. The second-order valence-electron chi connectivity index (χ2n) is 7.80. The van der Waals surface area contributed by atoms with Crippen LogP contribution < -0.4 is 15.8 Å². The van der Waals surface area contributed by atoms with Crippen molar-refractivity contribution in [1.82, 2.24) is 9.78 Å². The number of aliphatic carboxylic acids is 1. The molecule has 0 aliphatic carbocycles. The van der Waals surface area contributed by atoms with Gasteiger partial charge in [-0.05, 0) is 67.8 Å². The van der Waals surface area contributed by atoms with Crippen molar-refractivity contribution in [2.75, 3.05) is 37.0 Å². The molecule has 0 unspecified atom stereocenters. The maximum atomic E-state index is 13.3. The number of rotatable bonds is 7. The molecule has 0 spiro atoms. The summed E-state index contributed by atoms with van der Waals surface area (Å²) in [6, 6.07) is 12.6. The molecule has 2 aromatic carbocycles. The van der Waals surface area contributed by atoms with Crippen LogP contribution in [0.3, 0.4) is 0 Å². The average molecular weight is 503 g/mol. The van der Waals surface area contributed by atoms with Gasteiger partial charge in [-0.2, -0.15) is 9.78 Å². The maximum absolute atomic E-state index is 13.3. The van der Waals surface area contributed by atoms with Gasteiger partial charge in [-0.1, -0.05) is 11.6 Å². The van der Waals surface area contributed by atoms with E-state index >= 15 is 0 Å². The summed E-state index contributed by atoms with van der Waals surface area (Å²) >= 11 is 6.06. The summed E-state index contributed by atoms with van der Waals surface area (Å²) in [6.07, 6.45) is 5.29. The Bertz CT molecular complexity index is 1150. The van der Waals surface area contributed by atoms with Crippen molar-refractivity contribution >= 4 is 34.6 Å². The van der Waals surface area contributed by atoms with E-state index in [1.54, 1.807) is 48.3 Å². The molecule has 1 aromatic heterocycles. The number of halogens is 2. The van der Waals surface area contributed by atoms with E-state index in [9.17, 15) is 14.0 Å². The molecule has 1 fully saturated rings. The highest BCUT2D eigenvalue weighted by Crippen LogP contribution is 2.27. The van der Waals surface area contributed by atoms with Crippen LogP contribution in [-0.4, -0.2) is 47.7 Å². The zero-order chi connectivity index (χ0) is 25.2. The average Bonchev–Trinajstić information content (AvgIpc) is 2.88. The van der Waals surface area contributed by atoms with Crippen LogP contribution in [0, 0.1) is 5.82 Å². The topological polar surface area (TPSA) is 96.7 Å². The molecule has 2 N–H and O–H groups in total. The van der Waals surface area contributed by atoms with Crippen LogP contribution in [0.15, 0.2) is 59.5 Å². The van der Waals surface area contributed by atoms with Gasteiger partial charge in [-0.25, -0.2) is 4.39 Å². The van der Waals surface area contributed by atoms with E-state index in [1.807, 2.05) is 0 Å². The lowest BCUT2D eigenvalue weighted by Crippen LogP contribution is -2.23. The molecule has 10 heteroatoms. The van der Waals surface area contributed by atoms with Crippen molar-refractivity contribution in [3.63, 3.8) is 0 Å². The summed E-state index contributed by atoms with van der Waals surface area (Å²) in [6.45, 7) is 2.20. The minimum absolute atomic E-state index is 0.0287. The minimum Gasteiger partial charge on any atom is -0.481 e. The number of carbonyl (C=O) groups is 1. The van der Waals surface area contributed by atoms with Gasteiger partial charge in [0.25, 0.3) is 5.56 Å². The third kappa shape index (κ3) is 7.27. The van der Waals surface area contributed by atoms with Gasteiger partial charge in [-0.15, -0.1) is 0 Å². The number of benzene rings is 2. The SMILES string of the molecule is C1CCOCC1.CNc1cnn(-c2ccc(N(CCC(=O)O)c3ccc(F)cc3)cc2)c(=O)c1Cl. The zero-order valence-corrected chi connectivity index (χ0v) is 20.2. The van der Waals surface area contributed by atoms with Gasteiger partial charge in [0.15, 0.2) is 0 Å². The van der Waals surface area contributed by atoms with E-state index in [0.717, 1.165) is 13.2 Å². The summed E-state index contributed by atoms with van der Waals surface area (Å²) in [5.41, 5.74) is 1.80. The molecule has 0 bridgehead atoms. The Balaban J connectivity index is 0.000000497. The van der Waals surface area contributed by atoms with Gasteiger partial charge < -0.3 is 20.1 Å². The molecule has 0 atom stereocenters. The third-order valence-corrected chi connectivity index (χ3v) is 5.72. The number of aromatic nitrogens is 2. The molecule has 2 heterocycles. The van der Waals surface area contributed by atoms with Crippen LogP contribution in [0.2, 0.25) is 5.02 Å². The van der Waals surface area contributed by atoms with E-state index in [-0.39, 0.29) is 23.8 Å². The first-order valence-corrected chi connectivity index (χ1v) is 11.7. The Hall–Kier alpha value is -3.43. The molecule has 8 nitrogen and oxygen atoms in total. The van der Waals surface area contributed by atoms with Crippen molar-refractivity contribution < 1.29 is 19.0 Å². The van der Waals surface area contributed by atoms with E-state index in [4.69, 9.17) is 21.4 Å². The van der Waals surface area contributed by atoms with Gasteiger partial charge in [0.05, 0.1) is 24.0 Å². The molecule has 4 rings (SSSR count). The highest BCUT2D eigenvalue weighted by molar-refractivity contribution is 6.32. The lowest BCUT2D eigenvalue weighted by molar-refractivity contribution is -0.136. The molecular formula is C25H28ClFN4O4. The molecule has 0 amide bonds. The summed E-state index contributed by atoms with van der Waals surface area (Å²) < 4.78 is 19.5. The molecular weight excluding hydrogens is 475 g/mol. The molecule has 1 aliphatic rings. The van der Waals surface area contributed by atoms with Crippen molar-refractivity contribution in [1.29, 1.82) is 0 Å². The summed E-state index contributed by atoms with van der Waals surface area (Å²) in [7, 11) is 1.64. The number of hydrogen-bond donors (Lipinski definition) is 2. The first kappa shape index (κ1) is 26.2. The van der Waals surface area contributed by atoms with Crippen LogP contribution in [-0.2, 0) is 9.53 Å². The van der Waals surface area contributed by atoms with Crippen LogP contribution in [0.4, 0.5) is 21.5 Å². The molecule has 0 saturated carbocycles. The maximum Gasteiger partial charge on any atom is 0.305 e. The van der Waals surface area contributed by atoms with Gasteiger partial charge >= 0.3 is 5.97 Å². The van der Waals surface area contributed by atoms with Gasteiger partial charge in [0.1, 0.15) is 10.8 Å². The molecule has 1 aliphatic heterocycles. The molecule has 35 heavy (non-hydrogen) atoms. The van der Waals surface area contributed by atoms with Crippen LogP contribution in [0.1, 0.15) is 25.7 Å². The fourth-order valence-corrected chi connectivity index (χ4v) is 3.71. The molecule has 3 aromatic rings. The number of nitrogens with zero attached hydrogens (tertiary/aromatic N) is 3. The second kappa shape index (κ2) is 12.9. The highest BCUT2D eigenvalue weighted by atomic mass is 35.5. The first-order valence-electron chi connectivity index (χ1n) is 11.3. The van der Waals surface area contributed by atoms with E-state index in [2.05, 4.69) is 10.4 Å². The Morgan fingerprint density at radius 2 is 1.71 bits per heavy atom. The zero-order valence-electron chi connectivity index (χ0n) is 19.4. The number of hydrogen-bond acceptors (Lipinski definition) is 6. The minimum atomic E-state index is -0.941. The van der Waals surface area contributed by atoms with Crippen molar-refractivity contribution in [2.24, 2.45) is 0 Å². The van der Waals surface area contributed by atoms with Gasteiger partial charge in [0.2, 0.25) is 0 Å². The fourth-order valence-electron chi connectivity index (χ4n) is 3.49. The van der Waals surface area contributed by atoms with Crippen molar-refractivity contribution in [2.45, 2.75) is 25.7 Å². The van der Waals surface area contributed by atoms with Crippen molar-refractivity contribution in [3.05, 3.63) is 75.9 Å². The first-order chi connectivity index (χ1) is 16.9. The second-order valence-corrected chi connectivity index (χ2v) is 8.18. The summed E-state index contributed by atoms with van der Waals surface area (Å²) in [5, 5.41) is 16.0. The molecule has 0 radical (unpaired) electrons. The summed E-state index contributed by atoms with van der Waals surface area (Å²) in [5.74, 6) is -1.32. The standard InChI is InChI=1S/C20H18ClFN4O3.C5H10O/c1-23-17-12-24-26(20(29)19(17)21)16-8-6-15(7-9-16)25(11-10-18(27)28)14-4-2-13(22)3-5-14;1-2-4-6-5-3-1/h2-9,12,23H,10-11H2,1H3,(H,27,28);1-5H2. The summed E-state index contributed by atoms with van der Waals surface area (Å²) in [4.78, 5) is 25.2. The number of ether oxygens (including phenoxy) is 1. The highest BCUT2D eigenvalue weighted by Gasteiger charge is 2.14. The lowest BCUT2D eigenvalue weighted by atomic mass is 10.2. The number of carboxylic acids is 1. The largest absolute Gasteiger partial charge is 0.481 e. The van der Waals surface area contributed by atoms with Crippen LogP contribution in [0.5, 0.6) is 0 Å². The van der Waals surface area contributed by atoms with Gasteiger partial charge in [-0.3, -0.25) is 9.59 Å². The fraction of sp³-hybridized carbons (Fsp3) is 0.320. The Kier molecular flexibility index (Phi) is 9.63. The Labute approximate surface area is 207 Å². The third-order valence-electron chi connectivity index (χ3n) is 5.36. The molecule has 186 valence electrons. The molecule has 1 saturated heterocycles. The van der Waals surface area contributed by atoms with E-state index in [1.165, 1.54) is 42.3 Å². The van der Waals surface area contributed by atoms with Crippen LogP contribution >= 0.6 is 11.6 Å². The van der Waals surface area contributed by atoms with E-state index in [0.29, 0.717) is 22.7 Å². The van der Waals surface area contributed by atoms with E-state index < -0.39 is 11.5 Å². The van der Waals surface area contributed by atoms with Gasteiger partial charge in [0, 0.05) is 38.2 Å². The Morgan fingerprint density at radius 3 is 2.20 bits per heavy atom.